The third-order valence-electron chi connectivity index (χ3n) is 4.74. The van der Waals surface area contributed by atoms with E-state index in [0.29, 0.717) is 58.5 Å². The summed E-state index contributed by atoms with van der Waals surface area (Å²) < 4.78 is 16.2. The molecule has 0 aliphatic carbocycles. The third kappa shape index (κ3) is 10.8. The Morgan fingerprint density at radius 1 is 0.741 bits per heavy atom. The van der Waals surface area contributed by atoms with Crippen molar-refractivity contribution < 1.29 is 23.8 Å². The molecule has 0 aromatic rings. The first kappa shape index (κ1) is 24.0. The van der Waals surface area contributed by atoms with Gasteiger partial charge in [-0.15, -0.1) is 0 Å². The summed E-state index contributed by atoms with van der Waals surface area (Å²) in [5.41, 5.74) is 0. The number of hydrogen-bond acceptors (Lipinski definition) is 6. The summed E-state index contributed by atoms with van der Waals surface area (Å²) in [4.78, 5) is 27.9. The van der Waals surface area contributed by atoms with Crippen LogP contribution in [0.25, 0.3) is 0 Å². The first-order valence-electron chi connectivity index (χ1n) is 10.2. The van der Waals surface area contributed by atoms with Crippen molar-refractivity contribution in [2.24, 2.45) is 5.92 Å². The van der Waals surface area contributed by atoms with Crippen molar-refractivity contribution in [3.63, 3.8) is 0 Å². The molecule has 0 N–H and O–H groups in total. The fourth-order valence-electron chi connectivity index (χ4n) is 2.81. The summed E-state index contributed by atoms with van der Waals surface area (Å²) in [6, 6.07) is 0.540. The van der Waals surface area contributed by atoms with Gasteiger partial charge in [-0.2, -0.15) is 0 Å². The van der Waals surface area contributed by atoms with Crippen LogP contribution in [0.15, 0.2) is 0 Å². The number of carbonyl (C=O) groups is 2. The van der Waals surface area contributed by atoms with Gasteiger partial charge in [-0.25, -0.2) is 0 Å². The summed E-state index contributed by atoms with van der Waals surface area (Å²) >= 11 is 0. The largest absolute Gasteiger partial charge is 0.379 e. The van der Waals surface area contributed by atoms with Gasteiger partial charge in [0.05, 0.1) is 46.1 Å². The molecule has 1 aliphatic heterocycles. The van der Waals surface area contributed by atoms with Crippen molar-refractivity contribution in [1.82, 2.24) is 9.80 Å². The van der Waals surface area contributed by atoms with Crippen LogP contribution in [-0.2, 0) is 23.8 Å². The van der Waals surface area contributed by atoms with E-state index >= 15 is 0 Å². The van der Waals surface area contributed by atoms with Gasteiger partial charge in [0.1, 0.15) is 5.78 Å². The monoisotopic (exact) mass is 386 g/mol. The highest BCUT2D eigenvalue weighted by Crippen LogP contribution is 2.07. The highest BCUT2D eigenvalue weighted by Gasteiger charge is 2.21. The second-order valence-electron chi connectivity index (χ2n) is 7.47. The van der Waals surface area contributed by atoms with Crippen molar-refractivity contribution >= 4 is 11.7 Å². The number of nitrogens with zero attached hydrogens (tertiary/aromatic N) is 2. The molecule has 0 unspecified atom stereocenters. The predicted molar refractivity (Wildman–Crippen MR) is 105 cm³/mol. The molecule has 0 bridgehead atoms. The van der Waals surface area contributed by atoms with Gasteiger partial charge in [-0.1, -0.05) is 13.8 Å². The maximum atomic E-state index is 12.2. The van der Waals surface area contributed by atoms with E-state index in [1.165, 1.54) is 0 Å². The van der Waals surface area contributed by atoms with Crippen LogP contribution in [0.3, 0.4) is 0 Å². The van der Waals surface area contributed by atoms with Crippen molar-refractivity contribution in [3.05, 3.63) is 0 Å². The average Bonchev–Trinajstić information content (AvgIpc) is 2.65. The van der Waals surface area contributed by atoms with Crippen LogP contribution in [0, 0.1) is 5.92 Å². The van der Waals surface area contributed by atoms with Gasteiger partial charge in [-0.3, -0.25) is 14.5 Å². The number of ether oxygens (including phenoxy) is 3. The zero-order valence-corrected chi connectivity index (χ0v) is 17.6. The molecule has 1 heterocycles. The lowest BCUT2D eigenvalue weighted by atomic mass is 10.1. The number of Topliss-reactive ketones (excluding diaryl/α,β-unsaturated/α-hetero) is 1. The molecule has 1 fully saturated rings. The maximum Gasteiger partial charge on any atom is 0.224 e. The van der Waals surface area contributed by atoms with E-state index in [4.69, 9.17) is 14.2 Å². The number of hydrogen-bond donors (Lipinski definition) is 0. The van der Waals surface area contributed by atoms with E-state index in [-0.39, 0.29) is 17.6 Å². The minimum atomic E-state index is 0.0681. The summed E-state index contributed by atoms with van der Waals surface area (Å²) in [6.45, 7) is 14.5. The second-order valence-corrected chi connectivity index (χ2v) is 7.47. The Labute approximate surface area is 164 Å². The van der Waals surface area contributed by atoms with Crippen LogP contribution in [-0.4, -0.2) is 93.4 Å². The van der Waals surface area contributed by atoms with Gasteiger partial charge >= 0.3 is 0 Å². The molecule has 0 radical (unpaired) electrons. The first-order chi connectivity index (χ1) is 12.9. The molecule has 158 valence electrons. The van der Waals surface area contributed by atoms with Gasteiger partial charge in [0.2, 0.25) is 5.91 Å². The lowest BCUT2D eigenvalue weighted by Crippen LogP contribution is -2.50. The molecule has 0 spiro atoms. The molecule has 1 saturated heterocycles. The van der Waals surface area contributed by atoms with E-state index in [2.05, 4.69) is 18.7 Å². The fraction of sp³-hybridized carbons (Fsp3) is 0.900. The standard InChI is InChI=1S/C20H38N2O5/c1-17(2)19(23)5-11-25-13-15-27-16-14-26-12-6-20(24)22-9-7-21(8-10-22)18(3)4/h17-18H,5-16H2,1-4H3. The van der Waals surface area contributed by atoms with Crippen LogP contribution in [0.5, 0.6) is 0 Å². The maximum absolute atomic E-state index is 12.2. The minimum Gasteiger partial charge on any atom is -0.379 e. The normalized spacial score (nSPS) is 15.7. The van der Waals surface area contributed by atoms with Crippen LogP contribution >= 0.6 is 0 Å². The Hall–Kier alpha value is -1.02. The molecule has 0 saturated carbocycles. The topological polar surface area (TPSA) is 68.3 Å². The van der Waals surface area contributed by atoms with E-state index < -0.39 is 0 Å². The van der Waals surface area contributed by atoms with Crippen molar-refractivity contribution in [3.8, 4) is 0 Å². The quantitative estimate of drug-likeness (QED) is 0.422. The van der Waals surface area contributed by atoms with E-state index in [9.17, 15) is 9.59 Å². The molecular weight excluding hydrogens is 348 g/mol. The summed E-state index contributed by atoms with van der Waals surface area (Å²) in [5, 5.41) is 0. The molecule has 7 nitrogen and oxygen atoms in total. The molecule has 0 atom stereocenters. The van der Waals surface area contributed by atoms with Gasteiger partial charge in [-0.05, 0) is 13.8 Å². The van der Waals surface area contributed by atoms with Gasteiger partial charge in [0.25, 0.3) is 0 Å². The second kappa shape index (κ2) is 14.0. The van der Waals surface area contributed by atoms with E-state index in [1.807, 2.05) is 18.7 Å². The minimum absolute atomic E-state index is 0.0681. The summed E-state index contributed by atoms with van der Waals surface area (Å²) in [5.74, 6) is 0.461. The van der Waals surface area contributed by atoms with Crippen LogP contribution < -0.4 is 0 Å². The Kier molecular flexibility index (Phi) is 12.5. The number of amides is 1. The first-order valence-corrected chi connectivity index (χ1v) is 10.2. The number of piperazine rings is 1. The van der Waals surface area contributed by atoms with Crippen LogP contribution in [0.1, 0.15) is 40.5 Å². The lowest BCUT2D eigenvalue weighted by Gasteiger charge is -2.37. The van der Waals surface area contributed by atoms with Crippen LogP contribution in [0.2, 0.25) is 0 Å². The van der Waals surface area contributed by atoms with Crippen LogP contribution in [0.4, 0.5) is 0 Å². The predicted octanol–water partition coefficient (Wildman–Crippen LogP) is 1.59. The average molecular weight is 387 g/mol. The van der Waals surface area contributed by atoms with E-state index in [1.54, 1.807) is 0 Å². The Balaban J connectivity index is 1.89. The van der Waals surface area contributed by atoms with Gasteiger partial charge < -0.3 is 19.1 Å². The SMILES string of the molecule is CC(C)C(=O)CCOCCOCCOCCC(=O)N1CCN(C(C)C)CC1. The third-order valence-corrected chi connectivity index (χ3v) is 4.74. The smallest absolute Gasteiger partial charge is 0.224 e. The summed E-state index contributed by atoms with van der Waals surface area (Å²) in [6.07, 6.45) is 0.885. The Morgan fingerprint density at radius 3 is 1.70 bits per heavy atom. The molecule has 1 rings (SSSR count). The molecular formula is C20H38N2O5. The number of ketones is 1. The highest BCUT2D eigenvalue weighted by molar-refractivity contribution is 5.80. The highest BCUT2D eigenvalue weighted by atomic mass is 16.5. The Morgan fingerprint density at radius 2 is 1.22 bits per heavy atom. The van der Waals surface area contributed by atoms with E-state index in [0.717, 1.165) is 26.2 Å². The lowest BCUT2D eigenvalue weighted by molar-refractivity contribution is -0.134. The molecule has 27 heavy (non-hydrogen) atoms. The van der Waals surface area contributed by atoms with Gasteiger partial charge in [0, 0.05) is 44.6 Å². The molecule has 7 heteroatoms. The fourth-order valence-corrected chi connectivity index (χ4v) is 2.81. The van der Waals surface area contributed by atoms with Crippen molar-refractivity contribution in [2.45, 2.75) is 46.6 Å². The molecule has 1 amide bonds. The molecule has 0 aromatic heterocycles. The van der Waals surface area contributed by atoms with Crippen molar-refractivity contribution in [2.75, 3.05) is 65.8 Å². The zero-order valence-electron chi connectivity index (χ0n) is 17.6. The number of carbonyl (C=O) groups excluding carboxylic acids is 2. The Bertz CT molecular complexity index is 421. The molecule has 0 aromatic carbocycles. The summed E-state index contributed by atoms with van der Waals surface area (Å²) in [7, 11) is 0. The van der Waals surface area contributed by atoms with Gasteiger partial charge in [0.15, 0.2) is 0 Å². The molecule has 1 aliphatic rings. The van der Waals surface area contributed by atoms with Crippen molar-refractivity contribution in [1.29, 1.82) is 0 Å². The number of rotatable bonds is 14. The zero-order chi connectivity index (χ0) is 20.1.